The van der Waals surface area contributed by atoms with Crippen molar-refractivity contribution < 1.29 is 0 Å². The van der Waals surface area contributed by atoms with Gasteiger partial charge >= 0.3 is 0 Å². The van der Waals surface area contributed by atoms with Crippen molar-refractivity contribution in [3.63, 3.8) is 0 Å². The van der Waals surface area contributed by atoms with Gasteiger partial charge in [0, 0.05) is 44.0 Å². The van der Waals surface area contributed by atoms with Gasteiger partial charge in [0.25, 0.3) is 0 Å². The summed E-state index contributed by atoms with van der Waals surface area (Å²) in [6.45, 7) is 4.20. The maximum absolute atomic E-state index is 4.26. The average Bonchev–Trinajstić information content (AvgIpc) is 2.75. The van der Waals surface area contributed by atoms with Crippen LogP contribution in [-0.2, 0) is 0 Å². The van der Waals surface area contributed by atoms with Crippen molar-refractivity contribution in [3.05, 3.63) is 90.3 Å². The summed E-state index contributed by atoms with van der Waals surface area (Å²) in [5, 5.41) is 8.59. The van der Waals surface area contributed by atoms with Crippen molar-refractivity contribution in [2.45, 2.75) is 6.04 Å². The average molecular weight is 353 g/mol. The Labute approximate surface area is 159 Å². The first kappa shape index (κ1) is 16.4. The summed E-state index contributed by atoms with van der Waals surface area (Å²) in [5.41, 5.74) is 2.75. The molecule has 4 aromatic rings. The molecule has 2 heterocycles. The first-order valence-electron chi connectivity index (χ1n) is 9.66. The fourth-order valence-corrected chi connectivity index (χ4v) is 4.29. The van der Waals surface area contributed by atoms with Gasteiger partial charge in [0.15, 0.2) is 0 Å². The molecule has 0 aliphatic carbocycles. The third-order valence-electron chi connectivity index (χ3n) is 5.62. The Hall–Kier alpha value is -2.75. The smallest absolute Gasteiger partial charge is 0.0609 e. The van der Waals surface area contributed by atoms with Crippen LogP contribution in [0, 0.1) is 0 Å². The standard InChI is InChI=1S/C24H23N3/c1-2-6-22-18(4-1)5-3-7-23(22)24(27-14-12-25-13-15-27)20-8-9-21-17-26-11-10-19(21)16-20/h1-11,16-17,24-25H,12-15H2. The van der Waals surface area contributed by atoms with Crippen LogP contribution in [0.1, 0.15) is 17.2 Å². The monoisotopic (exact) mass is 353 g/mol. The zero-order valence-electron chi connectivity index (χ0n) is 15.3. The normalized spacial score (nSPS) is 16.6. The van der Waals surface area contributed by atoms with E-state index in [1.807, 2.05) is 12.4 Å². The first-order chi connectivity index (χ1) is 13.4. The molecule has 3 nitrogen and oxygen atoms in total. The molecular formula is C24H23N3. The minimum atomic E-state index is 0.260. The van der Waals surface area contributed by atoms with E-state index in [0.29, 0.717) is 0 Å². The predicted octanol–water partition coefficient (Wildman–Crippen LogP) is 4.38. The number of hydrogen-bond acceptors (Lipinski definition) is 3. The molecule has 1 saturated heterocycles. The van der Waals surface area contributed by atoms with E-state index in [-0.39, 0.29) is 6.04 Å². The molecule has 134 valence electrons. The highest BCUT2D eigenvalue weighted by Gasteiger charge is 2.25. The van der Waals surface area contributed by atoms with Crippen molar-refractivity contribution in [2.24, 2.45) is 0 Å². The number of nitrogens with zero attached hydrogens (tertiary/aromatic N) is 2. The van der Waals surface area contributed by atoms with Gasteiger partial charge in [-0.3, -0.25) is 9.88 Å². The van der Waals surface area contributed by atoms with Crippen molar-refractivity contribution in [3.8, 4) is 0 Å². The fraction of sp³-hybridized carbons (Fsp3) is 0.208. The Balaban J connectivity index is 1.70. The largest absolute Gasteiger partial charge is 0.314 e. The van der Waals surface area contributed by atoms with Crippen molar-refractivity contribution in [1.82, 2.24) is 15.2 Å². The third kappa shape index (κ3) is 3.09. The Kier molecular flexibility index (Phi) is 4.32. The van der Waals surface area contributed by atoms with E-state index in [2.05, 4.69) is 81.9 Å². The Bertz CT molecular complexity index is 1080. The van der Waals surface area contributed by atoms with Crippen LogP contribution in [0.5, 0.6) is 0 Å². The second kappa shape index (κ2) is 7.10. The molecule has 1 unspecified atom stereocenters. The van der Waals surface area contributed by atoms with Crippen molar-refractivity contribution in [1.29, 1.82) is 0 Å². The number of benzene rings is 3. The number of hydrogen-bond donors (Lipinski definition) is 1. The van der Waals surface area contributed by atoms with E-state index < -0.39 is 0 Å². The van der Waals surface area contributed by atoms with E-state index in [4.69, 9.17) is 0 Å². The molecule has 1 atom stereocenters. The molecule has 1 aliphatic heterocycles. The first-order valence-corrected chi connectivity index (χ1v) is 9.66. The van der Waals surface area contributed by atoms with Crippen LogP contribution >= 0.6 is 0 Å². The molecule has 0 amide bonds. The van der Waals surface area contributed by atoms with Gasteiger partial charge in [-0.2, -0.15) is 0 Å². The molecule has 5 rings (SSSR count). The number of pyridine rings is 1. The van der Waals surface area contributed by atoms with Gasteiger partial charge in [-0.15, -0.1) is 0 Å². The third-order valence-corrected chi connectivity index (χ3v) is 5.62. The van der Waals surface area contributed by atoms with Gasteiger partial charge < -0.3 is 5.32 Å². The Morgan fingerprint density at radius 2 is 1.67 bits per heavy atom. The second-order valence-electron chi connectivity index (χ2n) is 7.24. The van der Waals surface area contributed by atoms with Crippen LogP contribution in [0.3, 0.4) is 0 Å². The number of rotatable bonds is 3. The second-order valence-corrected chi connectivity index (χ2v) is 7.24. The maximum Gasteiger partial charge on any atom is 0.0609 e. The number of piperazine rings is 1. The Morgan fingerprint density at radius 3 is 2.59 bits per heavy atom. The molecular weight excluding hydrogens is 330 g/mol. The lowest BCUT2D eigenvalue weighted by Gasteiger charge is -2.36. The summed E-state index contributed by atoms with van der Waals surface area (Å²) in [5.74, 6) is 0. The highest BCUT2D eigenvalue weighted by Crippen LogP contribution is 2.35. The topological polar surface area (TPSA) is 28.2 Å². The number of fused-ring (bicyclic) bond motifs is 2. The summed E-state index contributed by atoms with van der Waals surface area (Å²) in [6.07, 6.45) is 3.82. The van der Waals surface area contributed by atoms with E-state index >= 15 is 0 Å². The van der Waals surface area contributed by atoms with E-state index in [9.17, 15) is 0 Å². The zero-order valence-corrected chi connectivity index (χ0v) is 15.3. The lowest BCUT2D eigenvalue weighted by molar-refractivity contribution is 0.199. The van der Waals surface area contributed by atoms with Gasteiger partial charge in [-0.1, -0.05) is 54.6 Å². The maximum atomic E-state index is 4.26. The summed E-state index contributed by atoms with van der Waals surface area (Å²) in [7, 11) is 0. The van der Waals surface area contributed by atoms with Crippen LogP contribution in [0.4, 0.5) is 0 Å². The molecule has 27 heavy (non-hydrogen) atoms. The molecule has 0 spiro atoms. The highest BCUT2D eigenvalue weighted by atomic mass is 15.2. The van der Waals surface area contributed by atoms with Crippen molar-refractivity contribution in [2.75, 3.05) is 26.2 Å². The van der Waals surface area contributed by atoms with Gasteiger partial charge in [0.1, 0.15) is 0 Å². The summed E-state index contributed by atoms with van der Waals surface area (Å²) in [6, 6.07) is 24.6. The lowest BCUT2D eigenvalue weighted by atomic mass is 9.91. The number of aromatic nitrogens is 1. The van der Waals surface area contributed by atoms with Gasteiger partial charge in [-0.05, 0) is 39.4 Å². The minimum absolute atomic E-state index is 0.260. The number of nitrogens with one attached hydrogen (secondary N) is 1. The fourth-order valence-electron chi connectivity index (χ4n) is 4.29. The molecule has 1 aliphatic rings. The highest BCUT2D eigenvalue weighted by molar-refractivity contribution is 5.87. The van der Waals surface area contributed by atoms with Crippen LogP contribution in [0.25, 0.3) is 21.5 Å². The molecule has 0 bridgehead atoms. The molecule has 1 aromatic heterocycles. The van der Waals surface area contributed by atoms with E-state index in [0.717, 1.165) is 26.2 Å². The zero-order chi connectivity index (χ0) is 18.1. The quantitative estimate of drug-likeness (QED) is 0.592. The van der Waals surface area contributed by atoms with Crippen LogP contribution in [0.15, 0.2) is 79.1 Å². The Morgan fingerprint density at radius 1 is 0.815 bits per heavy atom. The predicted molar refractivity (Wildman–Crippen MR) is 112 cm³/mol. The van der Waals surface area contributed by atoms with Gasteiger partial charge in [-0.25, -0.2) is 0 Å². The molecule has 1 fully saturated rings. The molecule has 0 saturated carbocycles. The minimum Gasteiger partial charge on any atom is -0.314 e. The summed E-state index contributed by atoms with van der Waals surface area (Å²) >= 11 is 0. The molecule has 3 heteroatoms. The lowest BCUT2D eigenvalue weighted by Crippen LogP contribution is -2.45. The SMILES string of the molecule is c1ccc2c(C(c3ccc4cnccc4c3)N3CCNCC3)cccc2c1. The van der Waals surface area contributed by atoms with Crippen LogP contribution < -0.4 is 5.32 Å². The summed E-state index contributed by atoms with van der Waals surface area (Å²) < 4.78 is 0. The van der Waals surface area contributed by atoms with Crippen LogP contribution in [0.2, 0.25) is 0 Å². The van der Waals surface area contributed by atoms with E-state index in [1.54, 1.807) is 0 Å². The molecule has 0 radical (unpaired) electrons. The van der Waals surface area contributed by atoms with Crippen molar-refractivity contribution >= 4 is 21.5 Å². The van der Waals surface area contributed by atoms with Crippen LogP contribution in [-0.4, -0.2) is 36.1 Å². The van der Waals surface area contributed by atoms with E-state index in [1.165, 1.54) is 32.7 Å². The van der Waals surface area contributed by atoms with Gasteiger partial charge in [0.05, 0.1) is 6.04 Å². The molecule has 1 N–H and O–H groups in total. The molecule has 3 aromatic carbocycles. The van der Waals surface area contributed by atoms with Gasteiger partial charge in [0.2, 0.25) is 0 Å². The summed E-state index contributed by atoms with van der Waals surface area (Å²) in [4.78, 5) is 6.87.